The van der Waals surface area contributed by atoms with Gasteiger partial charge in [-0.15, -0.1) is 21.5 Å². The van der Waals surface area contributed by atoms with E-state index < -0.39 is 0 Å². The highest BCUT2D eigenvalue weighted by Crippen LogP contribution is 2.26. The second-order valence-electron chi connectivity index (χ2n) is 7.15. The number of nitrogens with two attached hydrogens (primary N) is 1. The highest BCUT2D eigenvalue weighted by atomic mass is 32.2. The Morgan fingerprint density at radius 2 is 1.96 bits per heavy atom. The predicted octanol–water partition coefficient (Wildman–Crippen LogP) is 3.43. The molecule has 0 radical (unpaired) electrons. The number of thiophene rings is 1. The number of nitrogens with one attached hydrogen (secondary N) is 1. The first-order chi connectivity index (χ1) is 12.8. The third-order valence-electron chi connectivity index (χ3n) is 4.05. The van der Waals surface area contributed by atoms with Crippen molar-refractivity contribution in [1.82, 2.24) is 20.2 Å². The molecule has 3 aromatic rings. The maximum atomic E-state index is 12.0. The van der Waals surface area contributed by atoms with Crippen LogP contribution in [0.2, 0.25) is 0 Å². The fourth-order valence-corrected chi connectivity index (χ4v) is 3.80. The zero-order valence-electron chi connectivity index (χ0n) is 15.6. The normalized spacial score (nSPS) is 11.5. The zero-order chi connectivity index (χ0) is 19.4. The molecule has 0 aliphatic carbocycles. The molecule has 0 aliphatic rings. The molecule has 6 nitrogen and oxygen atoms in total. The van der Waals surface area contributed by atoms with Crippen LogP contribution in [0.25, 0.3) is 11.4 Å². The van der Waals surface area contributed by atoms with E-state index in [-0.39, 0.29) is 17.1 Å². The summed E-state index contributed by atoms with van der Waals surface area (Å²) in [6, 6.07) is 12.1. The summed E-state index contributed by atoms with van der Waals surface area (Å²) >= 11 is 2.89. The largest absolute Gasteiger partial charge is 0.350 e. The monoisotopic (exact) mass is 401 g/mol. The molecule has 2 heterocycles. The van der Waals surface area contributed by atoms with E-state index in [9.17, 15) is 4.79 Å². The summed E-state index contributed by atoms with van der Waals surface area (Å²) in [4.78, 5) is 13.1. The Labute approximate surface area is 167 Å². The lowest BCUT2D eigenvalue weighted by Crippen LogP contribution is -2.24. The number of hydrogen-bond donors (Lipinski definition) is 2. The van der Waals surface area contributed by atoms with Gasteiger partial charge in [0.1, 0.15) is 0 Å². The second kappa shape index (κ2) is 8.14. The first kappa shape index (κ1) is 19.4. The van der Waals surface area contributed by atoms with Gasteiger partial charge < -0.3 is 11.2 Å². The number of benzene rings is 1. The molecule has 2 aromatic heterocycles. The molecule has 8 heteroatoms. The van der Waals surface area contributed by atoms with E-state index in [0.29, 0.717) is 17.5 Å². The zero-order valence-corrected chi connectivity index (χ0v) is 17.2. The van der Waals surface area contributed by atoms with E-state index >= 15 is 0 Å². The Kier molecular flexibility index (Phi) is 5.86. The lowest BCUT2D eigenvalue weighted by Gasteiger charge is -2.19. The van der Waals surface area contributed by atoms with Crippen molar-refractivity contribution < 1.29 is 4.79 Å². The quantitative estimate of drug-likeness (QED) is 0.488. The summed E-state index contributed by atoms with van der Waals surface area (Å²) in [5, 5.41) is 13.7. The van der Waals surface area contributed by atoms with Crippen molar-refractivity contribution in [2.24, 2.45) is 0 Å². The molecule has 0 fully saturated rings. The van der Waals surface area contributed by atoms with Gasteiger partial charge in [-0.2, -0.15) is 0 Å². The van der Waals surface area contributed by atoms with Gasteiger partial charge in [-0.3, -0.25) is 4.79 Å². The topological polar surface area (TPSA) is 85.8 Å². The number of nitrogen functional groups attached to an aromatic ring is 1. The van der Waals surface area contributed by atoms with Gasteiger partial charge in [0.15, 0.2) is 5.82 Å². The number of nitrogens with zero attached hydrogens (tertiary/aromatic N) is 3. The van der Waals surface area contributed by atoms with Crippen molar-refractivity contribution in [3.05, 3.63) is 52.2 Å². The van der Waals surface area contributed by atoms with Crippen molar-refractivity contribution >= 4 is 29.0 Å². The highest BCUT2D eigenvalue weighted by molar-refractivity contribution is 7.99. The van der Waals surface area contributed by atoms with Crippen molar-refractivity contribution in [3.63, 3.8) is 0 Å². The van der Waals surface area contributed by atoms with Crippen LogP contribution in [0.1, 0.15) is 31.2 Å². The third kappa shape index (κ3) is 4.90. The molecular formula is C19H23N5OS2. The van der Waals surface area contributed by atoms with E-state index in [4.69, 9.17) is 5.84 Å². The second-order valence-corrected chi connectivity index (χ2v) is 9.12. The van der Waals surface area contributed by atoms with Gasteiger partial charge in [0.25, 0.3) is 0 Å². The van der Waals surface area contributed by atoms with Crippen LogP contribution in [0.3, 0.4) is 0 Å². The van der Waals surface area contributed by atoms with Gasteiger partial charge in [-0.25, -0.2) is 4.68 Å². The summed E-state index contributed by atoms with van der Waals surface area (Å²) in [5.74, 6) is 6.90. The van der Waals surface area contributed by atoms with E-state index in [2.05, 4.69) is 48.4 Å². The lowest BCUT2D eigenvalue weighted by atomic mass is 9.87. The fraction of sp³-hybridized carbons (Fsp3) is 0.316. The Bertz CT molecular complexity index is 895. The van der Waals surface area contributed by atoms with E-state index in [1.54, 1.807) is 11.3 Å². The van der Waals surface area contributed by atoms with Crippen LogP contribution in [-0.2, 0) is 16.8 Å². The summed E-state index contributed by atoms with van der Waals surface area (Å²) in [6.07, 6.45) is 0. The predicted molar refractivity (Wildman–Crippen MR) is 111 cm³/mol. The number of carbonyl (C=O) groups is 1. The van der Waals surface area contributed by atoms with Crippen LogP contribution in [0.5, 0.6) is 0 Å². The molecule has 0 atom stereocenters. The molecular weight excluding hydrogens is 378 g/mol. The van der Waals surface area contributed by atoms with Crippen LogP contribution in [-0.4, -0.2) is 26.5 Å². The van der Waals surface area contributed by atoms with Gasteiger partial charge in [-0.05, 0) is 22.4 Å². The molecule has 1 amide bonds. The molecule has 3 rings (SSSR count). The molecule has 1 aromatic carbocycles. The average molecular weight is 402 g/mol. The maximum absolute atomic E-state index is 12.0. The smallest absolute Gasteiger partial charge is 0.230 e. The molecule has 27 heavy (non-hydrogen) atoms. The number of thioether (sulfide) groups is 1. The average Bonchev–Trinajstić information content (AvgIpc) is 3.27. The molecule has 0 saturated carbocycles. The highest BCUT2D eigenvalue weighted by Gasteiger charge is 2.16. The Morgan fingerprint density at radius 3 is 2.59 bits per heavy atom. The van der Waals surface area contributed by atoms with Gasteiger partial charge in [0.2, 0.25) is 11.1 Å². The Balaban J connectivity index is 1.60. The minimum absolute atomic E-state index is 0.0625. The molecule has 3 N–H and O–H groups in total. The number of aromatic nitrogens is 3. The third-order valence-corrected chi connectivity index (χ3v) is 5.87. The van der Waals surface area contributed by atoms with E-state index in [1.165, 1.54) is 22.0 Å². The maximum Gasteiger partial charge on any atom is 0.230 e. The lowest BCUT2D eigenvalue weighted by molar-refractivity contribution is -0.118. The van der Waals surface area contributed by atoms with Gasteiger partial charge in [0.05, 0.1) is 12.3 Å². The summed E-state index contributed by atoms with van der Waals surface area (Å²) in [6.45, 7) is 7.06. The van der Waals surface area contributed by atoms with Crippen molar-refractivity contribution in [2.45, 2.75) is 37.9 Å². The number of hydrogen-bond acceptors (Lipinski definition) is 6. The molecule has 0 saturated heterocycles. The number of amides is 1. The van der Waals surface area contributed by atoms with Crippen LogP contribution in [0, 0.1) is 0 Å². The van der Waals surface area contributed by atoms with Crippen LogP contribution in [0.4, 0.5) is 0 Å². The summed E-state index contributed by atoms with van der Waals surface area (Å²) in [5.41, 5.74) is 2.23. The SMILES string of the molecule is CC(C)(C)c1ccc(-c2nnc(SCC(=O)NCc3cccs3)n2N)cc1. The van der Waals surface area contributed by atoms with Crippen LogP contribution >= 0.6 is 23.1 Å². The van der Waals surface area contributed by atoms with Crippen LogP contribution in [0.15, 0.2) is 46.9 Å². The summed E-state index contributed by atoms with van der Waals surface area (Å²) in [7, 11) is 0. The molecule has 0 spiro atoms. The van der Waals surface area contributed by atoms with Crippen molar-refractivity contribution in [3.8, 4) is 11.4 Å². The summed E-state index contributed by atoms with van der Waals surface area (Å²) < 4.78 is 1.43. The molecule has 142 valence electrons. The fourth-order valence-electron chi connectivity index (χ4n) is 2.47. The van der Waals surface area contributed by atoms with E-state index in [0.717, 1.165) is 10.4 Å². The molecule has 0 aliphatic heterocycles. The Hall–Kier alpha value is -2.32. The van der Waals surface area contributed by atoms with Crippen LogP contribution < -0.4 is 11.2 Å². The molecule has 0 unspecified atom stereocenters. The van der Waals surface area contributed by atoms with Crippen molar-refractivity contribution in [2.75, 3.05) is 11.6 Å². The minimum atomic E-state index is -0.0625. The first-order valence-electron chi connectivity index (χ1n) is 8.58. The standard InChI is InChI=1S/C19H23N5OS2/c1-19(2,3)14-8-6-13(7-9-14)17-22-23-18(24(17)20)27-12-16(25)21-11-15-5-4-10-26-15/h4-10H,11-12,20H2,1-3H3,(H,21,25). The van der Waals surface area contributed by atoms with Gasteiger partial charge >= 0.3 is 0 Å². The minimum Gasteiger partial charge on any atom is -0.350 e. The first-order valence-corrected chi connectivity index (χ1v) is 10.4. The van der Waals surface area contributed by atoms with Gasteiger partial charge in [0, 0.05) is 10.4 Å². The Morgan fingerprint density at radius 1 is 1.22 bits per heavy atom. The number of carbonyl (C=O) groups excluding carboxylic acids is 1. The van der Waals surface area contributed by atoms with E-state index in [1.807, 2.05) is 29.6 Å². The van der Waals surface area contributed by atoms with Gasteiger partial charge in [-0.1, -0.05) is 62.9 Å². The molecule has 0 bridgehead atoms. The van der Waals surface area contributed by atoms with Crippen molar-refractivity contribution in [1.29, 1.82) is 0 Å². The number of rotatable bonds is 6.